The number of nitrogens with zero attached hydrogens (tertiary/aromatic N) is 1. The fourth-order valence-electron chi connectivity index (χ4n) is 1.15. The Morgan fingerprint density at radius 3 is 2.87 bits per heavy atom. The van der Waals surface area contributed by atoms with E-state index in [2.05, 4.69) is 26.2 Å². The quantitative estimate of drug-likeness (QED) is 0.932. The molecule has 0 unspecified atom stereocenters. The van der Waals surface area contributed by atoms with E-state index in [4.69, 9.17) is 0 Å². The van der Waals surface area contributed by atoms with Gasteiger partial charge in [0.1, 0.15) is 10.4 Å². The molecule has 0 saturated heterocycles. The molecular formula is C10H8BrFN2S. The maximum Gasteiger partial charge on any atom is 0.184 e. The van der Waals surface area contributed by atoms with E-state index in [1.807, 2.05) is 11.4 Å². The molecule has 2 rings (SSSR count). The number of halogens is 2. The lowest BCUT2D eigenvalue weighted by Gasteiger charge is -2.03. The molecule has 5 heteroatoms. The molecule has 1 N–H and O–H groups in total. The zero-order chi connectivity index (χ0) is 10.7. The molecule has 0 atom stereocenters. The maximum absolute atomic E-state index is 13.2. The van der Waals surface area contributed by atoms with Gasteiger partial charge in [0.25, 0.3) is 0 Å². The van der Waals surface area contributed by atoms with Gasteiger partial charge >= 0.3 is 0 Å². The van der Waals surface area contributed by atoms with E-state index in [0.717, 1.165) is 9.73 Å². The number of nitrogens with one attached hydrogen (secondary N) is 1. The molecule has 78 valence electrons. The maximum atomic E-state index is 13.2. The minimum absolute atomic E-state index is 0.194. The molecule has 0 fully saturated rings. The average molecular weight is 287 g/mol. The third-order valence-electron chi connectivity index (χ3n) is 1.86. The first-order valence-electron chi connectivity index (χ1n) is 4.34. The molecule has 2 nitrogen and oxygen atoms in total. The van der Waals surface area contributed by atoms with Gasteiger partial charge in [0, 0.05) is 17.5 Å². The van der Waals surface area contributed by atoms with E-state index in [-0.39, 0.29) is 5.82 Å². The van der Waals surface area contributed by atoms with Gasteiger partial charge < -0.3 is 5.32 Å². The van der Waals surface area contributed by atoms with Gasteiger partial charge in [0.15, 0.2) is 5.13 Å². The van der Waals surface area contributed by atoms with Crippen molar-refractivity contribution in [2.45, 2.75) is 6.54 Å². The molecule has 1 heterocycles. The van der Waals surface area contributed by atoms with Crippen LogP contribution in [-0.2, 0) is 6.54 Å². The van der Waals surface area contributed by atoms with E-state index in [0.29, 0.717) is 12.1 Å². The molecule has 0 spiro atoms. The van der Waals surface area contributed by atoms with Gasteiger partial charge in [-0.1, -0.05) is 18.2 Å². The zero-order valence-corrected chi connectivity index (χ0v) is 10.1. The van der Waals surface area contributed by atoms with Crippen LogP contribution in [0.3, 0.4) is 0 Å². The first kappa shape index (κ1) is 10.6. The van der Waals surface area contributed by atoms with Crippen molar-refractivity contribution in [1.29, 1.82) is 0 Å². The molecule has 0 radical (unpaired) electrons. The van der Waals surface area contributed by atoms with Crippen molar-refractivity contribution in [3.05, 3.63) is 45.6 Å². The highest BCUT2D eigenvalue weighted by Gasteiger charge is 2.02. The molecule has 0 aliphatic rings. The summed E-state index contributed by atoms with van der Waals surface area (Å²) in [5.74, 6) is -0.194. The number of thiazole rings is 1. The van der Waals surface area contributed by atoms with Crippen LogP contribution in [-0.4, -0.2) is 4.98 Å². The molecule has 0 amide bonds. The van der Waals surface area contributed by atoms with Crippen LogP contribution in [0.5, 0.6) is 0 Å². The lowest BCUT2D eigenvalue weighted by Crippen LogP contribution is -2.00. The normalized spacial score (nSPS) is 10.3. The highest BCUT2D eigenvalue weighted by molar-refractivity contribution is 9.10. The van der Waals surface area contributed by atoms with Crippen molar-refractivity contribution < 1.29 is 4.39 Å². The minimum atomic E-state index is -0.194. The highest BCUT2D eigenvalue weighted by atomic mass is 79.9. The van der Waals surface area contributed by atoms with E-state index in [9.17, 15) is 4.39 Å². The number of benzene rings is 1. The van der Waals surface area contributed by atoms with Crippen molar-refractivity contribution in [3.63, 3.8) is 0 Å². The summed E-state index contributed by atoms with van der Waals surface area (Å²) >= 11 is 4.74. The number of hydrogen-bond acceptors (Lipinski definition) is 3. The van der Waals surface area contributed by atoms with Gasteiger partial charge in [0.2, 0.25) is 0 Å². The second-order valence-corrected chi connectivity index (χ2v) is 4.59. The summed E-state index contributed by atoms with van der Waals surface area (Å²) in [5.41, 5.74) is 0.642. The Balaban J connectivity index is 2.02. The van der Waals surface area contributed by atoms with Crippen LogP contribution in [0, 0.1) is 5.82 Å². The van der Waals surface area contributed by atoms with E-state index >= 15 is 0 Å². The van der Waals surface area contributed by atoms with Crippen molar-refractivity contribution >= 4 is 32.4 Å². The first-order chi connectivity index (χ1) is 7.25. The van der Waals surface area contributed by atoms with Crippen LogP contribution >= 0.6 is 27.3 Å². The second-order valence-electron chi connectivity index (χ2n) is 2.92. The molecule has 2 aromatic rings. The Bertz CT molecular complexity index is 458. The largest absolute Gasteiger partial charge is 0.357 e. The van der Waals surface area contributed by atoms with Crippen LogP contribution < -0.4 is 5.32 Å². The molecule has 0 aliphatic heterocycles. The average Bonchev–Trinajstić information content (AvgIpc) is 2.63. The SMILES string of the molecule is Fc1ccccc1CNc1nc(Br)cs1. The zero-order valence-electron chi connectivity index (χ0n) is 7.71. The second kappa shape index (κ2) is 4.72. The predicted octanol–water partition coefficient (Wildman–Crippen LogP) is 3.66. The number of hydrogen-bond donors (Lipinski definition) is 1. The van der Waals surface area contributed by atoms with Crippen LogP contribution in [0.15, 0.2) is 34.2 Å². The monoisotopic (exact) mass is 286 g/mol. The molecule has 0 saturated carbocycles. The van der Waals surface area contributed by atoms with Crippen molar-refractivity contribution in [3.8, 4) is 0 Å². The smallest absolute Gasteiger partial charge is 0.184 e. The van der Waals surface area contributed by atoms with Gasteiger partial charge in [-0.2, -0.15) is 0 Å². The summed E-state index contributed by atoms with van der Waals surface area (Å²) in [5, 5.41) is 5.72. The summed E-state index contributed by atoms with van der Waals surface area (Å²) in [6.45, 7) is 0.451. The number of anilines is 1. The Hall–Kier alpha value is -0.940. The van der Waals surface area contributed by atoms with Crippen molar-refractivity contribution in [1.82, 2.24) is 4.98 Å². The van der Waals surface area contributed by atoms with Crippen LogP contribution in [0.25, 0.3) is 0 Å². The third-order valence-corrected chi connectivity index (χ3v) is 3.37. The van der Waals surface area contributed by atoms with Crippen LogP contribution in [0.1, 0.15) is 5.56 Å². The summed E-state index contributed by atoms with van der Waals surface area (Å²) in [7, 11) is 0. The highest BCUT2D eigenvalue weighted by Crippen LogP contribution is 2.20. The Morgan fingerprint density at radius 2 is 2.20 bits per heavy atom. The third kappa shape index (κ3) is 2.76. The molecule has 0 bridgehead atoms. The number of aromatic nitrogens is 1. The van der Waals surface area contributed by atoms with E-state index < -0.39 is 0 Å². The number of rotatable bonds is 3. The van der Waals surface area contributed by atoms with Crippen molar-refractivity contribution in [2.24, 2.45) is 0 Å². The summed E-state index contributed by atoms with van der Waals surface area (Å²) in [6.07, 6.45) is 0. The molecular weight excluding hydrogens is 279 g/mol. The topological polar surface area (TPSA) is 24.9 Å². The molecule has 1 aromatic carbocycles. The minimum Gasteiger partial charge on any atom is -0.357 e. The Morgan fingerprint density at radius 1 is 1.40 bits per heavy atom. The summed E-state index contributed by atoms with van der Waals surface area (Å²) in [4.78, 5) is 4.16. The standard InChI is InChI=1S/C10H8BrFN2S/c11-9-6-15-10(14-9)13-5-7-3-1-2-4-8(7)12/h1-4,6H,5H2,(H,13,14). The lowest BCUT2D eigenvalue weighted by molar-refractivity contribution is 0.613. The van der Waals surface area contributed by atoms with Crippen molar-refractivity contribution in [2.75, 3.05) is 5.32 Å². The molecule has 0 aliphatic carbocycles. The van der Waals surface area contributed by atoms with Crippen LogP contribution in [0.4, 0.5) is 9.52 Å². The van der Waals surface area contributed by atoms with Crippen LogP contribution in [0.2, 0.25) is 0 Å². The Labute approximate surface area is 99.3 Å². The van der Waals surface area contributed by atoms with Gasteiger partial charge in [-0.05, 0) is 22.0 Å². The van der Waals surface area contributed by atoms with Gasteiger partial charge in [-0.15, -0.1) is 11.3 Å². The predicted molar refractivity (Wildman–Crippen MR) is 63.5 cm³/mol. The fourth-order valence-corrected chi connectivity index (χ4v) is 2.29. The van der Waals surface area contributed by atoms with Gasteiger partial charge in [-0.3, -0.25) is 0 Å². The molecule has 15 heavy (non-hydrogen) atoms. The van der Waals surface area contributed by atoms with Gasteiger partial charge in [-0.25, -0.2) is 9.37 Å². The van der Waals surface area contributed by atoms with E-state index in [1.165, 1.54) is 17.4 Å². The first-order valence-corrected chi connectivity index (χ1v) is 6.01. The molecule has 1 aromatic heterocycles. The van der Waals surface area contributed by atoms with Gasteiger partial charge in [0.05, 0.1) is 0 Å². The lowest BCUT2D eigenvalue weighted by atomic mass is 10.2. The van der Waals surface area contributed by atoms with E-state index in [1.54, 1.807) is 12.1 Å². The Kier molecular flexibility index (Phi) is 3.33. The summed E-state index contributed by atoms with van der Waals surface area (Å²) in [6, 6.07) is 6.70. The fraction of sp³-hybridized carbons (Fsp3) is 0.100. The summed E-state index contributed by atoms with van der Waals surface area (Å²) < 4.78 is 14.0.